The topological polar surface area (TPSA) is 0 Å². The van der Waals surface area contributed by atoms with Crippen molar-refractivity contribution in [1.29, 1.82) is 0 Å². The summed E-state index contributed by atoms with van der Waals surface area (Å²) in [5.74, 6) is 1.63. The van der Waals surface area contributed by atoms with Crippen molar-refractivity contribution in [2.24, 2.45) is 11.8 Å². The van der Waals surface area contributed by atoms with Crippen molar-refractivity contribution in [3.8, 4) is 0 Å². The maximum Gasteiger partial charge on any atom is 4.00 e. The molecule has 0 aromatic heterocycles. The number of fused-ring (bicyclic) bond motifs is 1. The molecule has 0 spiro atoms. The molecule has 0 N–H and O–H groups in total. The Kier molecular flexibility index (Phi) is 12.8. The molecule has 96 valence electrons. The predicted molar refractivity (Wildman–Crippen MR) is 65.0 cm³/mol. The van der Waals surface area contributed by atoms with Crippen LogP contribution in [0, 0.1) is 24.3 Å². The summed E-state index contributed by atoms with van der Waals surface area (Å²) >= 11 is 0. The van der Waals surface area contributed by atoms with Gasteiger partial charge in [-0.05, 0) is 11.8 Å². The molecule has 3 heteroatoms. The summed E-state index contributed by atoms with van der Waals surface area (Å²) in [6, 6.07) is 0. The van der Waals surface area contributed by atoms with Crippen LogP contribution in [-0.4, -0.2) is 0 Å². The van der Waals surface area contributed by atoms with E-state index in [0.29, 0.717) is 0 Å². The van der Waals surface area contributed by atoms with Gasteiger partial charge in [-0.25, -0.2) is 30.2 Å². The van der Waals surface area contributed by atoms with Crippen LogP contribution in [0.1, 0.15) is 26.2 Å². The van der Waals surface area contributed by atoms with Crippen LogP contribution >= 0.6 is 0 Å². The Morgan fingerprint density at radius 2 is 2.06 bits per heavy atom. The van der Waals surface area contributed by atoms with Gasteiger partial charge >= 0.3 is 26.2 Å². The van der Waals surface area contributed by atoms with Gasteiger partial charge in [0.25, 0.3) is 0 Å². The average molecular weight is 360 g/mol. The fraction of sp³-hybridized carbons (Fsp3) is 0.400. The molecule has 0 bridgehead atoms. The molecule has 1 saturated carbocycles. The molecule has 0 nitrogen and oxygen atoms in total. The van der Waals surface area contributed by atoms with Gasteiger partial charge in [0.05, 0.1) is 0 Å². The van der Waals surface area contributed by atoms with Gasteiger partial charge in [-0.15, -0.1) is 18.9 Å². The van der Waals surface area contributed by atoms with Crippen molar-refractivity contribution in [2.45, 2.75) is 26.2 Å². The van der Waals surface area contributed by atoms with Crippen molar-refractivity contribution in [3.05, 3.63) is 54.5 Å². The predicted octanol–water partition coefficient (Wildman–Crippen LogP) is -1.96. The summed E-state index contributed by atoms with van der Waals surface area (Å²) in [5, 5.41) is 0. The Bertz CT molecular complexity index is 319. The Labute approximate surface area is 143 Å². The van der Waals surface area contributed by atoms with Crippen molar-refractivity contribution in [1.82, 2.24) is 0 Å². The molecular weight excluding hydrogens is 342 g/mol. The van der Waals surface area contributed by atoms with Gasteiger partial charge in [0.1, 0.15) is 0 Å². The van der Waals surface area contributed by atoms with E-state index in [-0.39, 0.29) is 51.0 Å². The van der Waals surface area contributed by atoms with Crippen LogP contribution in [0.15, 0.2) is 42.0 Å². The van der Waals surface area contributed by atoms with Crippen LogP contribution in [-0.2, 0) is 26.2 Å². The molecule has 0 aromatic rings. The summed E-state index contributed by atoms with van der Waals surface area (Å²) in [5.41, 5.74) is 1.58. The van der Waals surface area contributed by atoms with E-state index in [4.69, 9.17) is 0 Å². The molecule has 3 aliphatic rings. The van der Waals surface area contributed by atoms with Crippen molar-refractivity contribution < 1.29 is 51.0 Å². The number of hydrogen-bond donors (Lipinski definition) is 0. The van der Waals surface area contributed by atoms with E-state index in [1.807, 2.05) is 12.2 Å². The first kappa shape index (κ1) is 20.6. The van der Waals surface area contributed by atoms with E-state index in [2.05, 4.69) is 43.7 Å². The first-order valence-electron chi connectivity index (χ1n) is 5.81. The third-order valence-electron chi connectivity index (χ3n) is 3.21. The fourth-order valence-electron chi connectivity index (χ4n) is 2.32. The smallest absolute Gasteiger partial charge is 1.00 e. The first-order chi connectivity index (χ1) is 7.38. The average Bonchev–Trinajstić information content (AvgIpc) is 2.93. The van der Waals surface area contributed by atoms with Crippen LogP contribution in [0.3, 0.4) is 0 Å². The molecular formula is C15H18Cl2Zr. The van der Waals surface area contributed by atoms with Gasteiger partial charge < -0.3 is 24.8 Å². The third kappa shape index (κ3) is 5.96. The molecule has 2 unspecified atom stereocenters. The van der Waals surface area contributed by atoms with E-state index < -0.39 is 0 Å². The normalized spacial score (nSPS) is 25.3. The van der Waals surface area contributed by atoms with Crippen LogP contribution in [0.25, 0.3) is 0 Å². The van der Waals surface area contributed by atoms with E-state index in [9.17, 15) is 0 Å². The molecule has 0 radical (unpaired) electrons. The van der Waals surface area contributed by atoms with Crippen LogP contribution in [0.5, 0.6) is 0 Å². The van der Waals surface area contributed by atoms with Crippen molar-refractivity contribution in [3.63, 3.8) is 0 Å². The van der Waals surface area contributed by atoms with Gasteiger partial charge in [-0.3, -0.25) is 6.08 Å². The van der Waals surface area contributed by atoms with Crippen LogP contribution < -0.4 is 24.8 Å². The quantitative estimate of drug-likeness (QED) is 0.441. The minimum absolute atomic E-state index is 0. The van der Waals surface area contributed by atoms with E-state index in [1.54, 1.807) is 5.57 Å². The second-order valence-corrected chi connectivity index (χ2v) is 4.30. The van der Waals surface area contributed by atoms with E-state index in [0.717, 1.165) is 18.3 Å². The first-order valence-corrected chi connectivity index (χ1v) is 5.81. The fourth-order valence-corrected chi connectivity index (χ4v) is 2.32. The Hall–Kier alpha value is 0.293. The second kappa shape index (κ2) is 11.1. The summed E-state index contributed by atoms with van der Waals surface area (Å²) in [4.78, 5) is 0. The molecule has 1 fully saturated rings. The SMILES string of the molecule is CC1C=CC=C2[CH-]CCC21.[C-]1=CC=CC1.[Cl-].[Cl-].[Zr+4]. The molecule has 3 aliphatic carbocycles. The Morgan fingerprint density at radius 3 is 2.56 bits per heavy atom. The third-order valence-corrected chi connectivity index (χ3v) is 3.21. The van der Waals surface area contributed by atoms with Gasteiger partial charge in [0.2, 0.25) is 0 Å². The maximum atomic E-state index is 2.99. The zero-order chi connectivity index (χ0) is 10.5. The minimum atomic E-state index is 0. The van der Waals surface area contributed by atoms with Crippen molar-refractivity contribution in [2.75, 3.05) is 0 Å². The molecule has 0 heterocycles. The standard InChI is InChI=1S/C10H13.C5H5.2ClH.Zr/c1-8-4-2-5-9-6-3-7-10(8)9;1-2-4-5-3-1;;;/h2,4-6,8,10H,3,7H2,1H3;1-3H,4H2;2*1H;/q2*-1;;;+4/p-2. The Balaban J connectivity index is 0. The molecule has 0 aromatic carbocycles. The molecule has 0 saturated heterocycles. The summed E-state index contributed by atoms with van der Waals surface area (Å²) < 4.78 is 0. The van der Waals surface area contributed by atoms with Gasteiger partial charge in [-0.2, -0.15) is 6.08 Å². The van der Waals surface area contributed by atoms with E-state index in [1.165, 1.54) is 12.8 Å². The zero-order valence-corrected chi connectivity index (χ0v) is 14.5. The number of hydrogen-bond acceptors (Lipinski definition) is 0. The summed E-state index contributed by atoms with van der Waals surface area (Å²) in [7, 11) is 0. The molecule has 2 atom stereocenters. The molecule has 0 aliphatic heterocycles. The van der Waals surface area contributed by atoms with Gasteiger partial charge in [-0.1, -0.05) is 19.4 Å². The van der Waals surface area contributed by atoms with Gasteiger partial charge in [0, 0.05) is 0 Å². The van der Waals surface area contributed by atoms with E-state index >= 15 is 0 Å². The number of allylic oxidation sites excluding steroid dienone is 8. The molecule has 0 amide bonds. The molecule has 3 rings (SSSR count). The number of halogens is 2. The number of rotatable bonds is 0. The van der Waals surface area contributed by atoms with Crippen LogP contribution in [0.2, 0.25) is 0 Å². The molecule has 18 heavy (non-hydrogen) atoms. The van der Waals surface area contributed by atoms with Crippen LogP contribution in [0.4, 0.5) is 0 Å². The summed E-state index contributed by atoms with van der Waals surface area (Å²) in [6.07, 6.45) is 21.8. The Morgan fingerprint density at radius 1 is 1.28 bits per heavy atom. The monoisotopic (exact) mass is 358 g/mol. The van der Waals surface area contributed by atoms with Gasteiger partial charge in [0.15, 0.2) is 0 Å². The van der Waals surface area contributed by atoms with Crippen molar-refractivity contribution >= 4 is 0 Å². The largest absolute Gasteiger partial charge is 4.00 e. The maximum absolute atomic E-state index is 2.99. The minimum Gasteiger partial charge on any atom is -1.00 e. The summed E-state index contributed by atoms with van der Waals surface area (Å²) in [6.45, 7) is 2.31. The zero-order valence-electron chi connectivity index (χ0n) is 10.6. The second-order valence-electron chi connectivity index (χ2n) is 4.30.